The molecule has 2 N–H and O–H groups in total. The van der Waals surface area contributed by atoms with Crippen molar-refractivity contribution in [2.75, 3.05) is 0 Å². The Labute approximate surface area is 132 Å². The summed E-state index contributed by atoms with van der Waals surface area (Å²) in [6.45, 7) is 4.58. The van der Waals surface area contributed by atoms with Crippen LogP contribution in [0.4, 0.5) is 0 Å². The van der Waals surface area contributed by atoms with E-state index in [1.807, 2.05) is 0 Å². The van der Waals surface area contributed by atoms with Crippen LogP contribution in [0.2, 0.25) is 0 Å². The van der Waals surface area contributed by atoms with Gasteiger partial charge >= 0.3 is 0 Å². The molecule has 6 atom stereocenters. The first-order valence-electron chi connectivity index (χ1n) is 9.02. The fourth-order valence-electron chi connectivity index (χ4n) is 6.66. The highest BCUT2D eigenvalue weighted by atomic mass is 16.3. The second-order valence-corrected chi connectivity index (χ2v) is 8.72. The zero-order valence-electron chi connectivity index (χ0n) is 13.8. The van der Waals surface area contributed by atoms with E-state index in [-0.39, 0.29) is 28.5 Å². The smallest absolute Gasteiger partial charge is 0.197 e. The molecule has 0 aromatic heterocycles. The molecule has 3 fully saturated rings. The Morgan fingerprint density at radius 2 is 1.77 bits per heavy atom. The van der Waals surface area contributed by atoms with Gasteiger partial charge in [0, 0.05) is 6.42 Å². The monoisotopic (exact) mass is 304 g/mol. The van der Waals surface area contributed by atoms with Gasteiger partial charge in [-0.25, -0.2) is 0 Å². The number of aliphatic hydroxyl groups excluding tert-OH is 2. The van der Waals surface area contributed by atoms with E-state index >= 15 is 0 Å². The molecule has 22 heavy (non-hydrogen) atoms. The molecular weight excluding hydrogens is 276 g/mol. The molecule has 4 aliphatic carbocycles. The molecule has 0 saturated heterocycles. The highest BCUT2D eigenvalue weighted by Crippen LogP contribution is 2.65. The van der Waals surface area contributed by atoms with Crippen LogP contribution in [-0.2, 0) is 4.79 Å². The first kappa shape index (κ1) is 14.7. The van der Waals surface area contributed by atoms with Crippen LogP contribution in [0.5, 0.6) is 0 Å². The molecule has 0 heterocycles. The maximum absolute atomic E-state index is 11.9. The molecule has 4 rings (SSSR count). The van der Waals surface area contributed by atoms with Gasteiger partial charge in [0.1, 0.15) is 0 Å². The average molecular weight is 304 g/mol. The van der Waals surface area contributed by atoms with E-state index in [1.54, 1.807) is 0 Å². The summed E-state index contributed by atoms with van der Waals surface area (Å²) in [6, 6.07) is 0. The van der Waals surface area contributed by atoms with Gasteiger partial charge in [-0.05, 0) is 79.1 Å². The fourth-order valence-corrected chi connectivity index (χ4v) is 6.66. The second-order valence-electron chi connectivity index (χ2n) is 8.72. The van der Waals surface area contributed by atoms with Crippen LogP contribution >= 0.6 is 0 Å². The van der Waals surface area contributed by atoms with Crippen molar-refractivity contribution in [2.24, 2.45) is 28.6 Å². The van der Waals surface area contributed by atoms with E-state index in [1.165, 1.54) is 0 Å². The highest BCUT2D eigenvalue weighted by molar-refractivity contribution is 5.95. The van der Waals surface area contributed by atoms with Crippen LogP contribution in [0.3, 0.4) is 0 Å². The third-order valence-electron chi connectivity index (χ3n) is 8.04. The predicted molar refractivity (Wildman–Crippen MR) is 84.3 cm³/mol. The van der Waals surface area contributed by atoms with E-state index in [0.717, 1.165) is 50.5 Å². The van der Waals surface area contributed by atoms with Crippen molar-refractivity contribution in [3.63, 3.8) is 0 Å². The number of carbonyl (C=O) groups excluding carboxylic acids is 1. The van der Waals surface area contributed by atoms with Crippen molar-refractivity contribution >= 4 is 5.78 Å². The number of ketones is 1. The van der Waals surface area contributed by atoms with Crippen molar-refractivity contribution in [3.05, 3.63) is 11.3 Å². The molecule has 0 spiro atoms. The predicted octanol–water partition coefficient (Wildman–Crippen LogP) is 3.76. The van der Waals surface area contributed by atoms with Crippen molar-refractivity contribution in [1.82, 2.24) is 0 Å². The molecule has 122 valence electrons. The summed E-state index contributed by atoms with van der Waals surface area (Å²) < 4.78 is 0. The standard InChI is InChI=1S/C19H28O3/c1-18-10-8-15(20)17(22)14(18)4-3-11-12-5-6-16(21)19(12,2)9-7-13(11)18/h11-13,16,21-22H,3-10H2,1-2H3/t11-,12-,13-,16-,18+,19-/m0/s1. The minimum Gasteiger partial charge on any atom is -0.504 e. The summed E-state index contributed by atoms with van der Waals surface area (Å²) >= 11 is 0. The van der Waals surface area contributed by atoms with Crippen molar-refractivity contribution in [2.45, 2.75) is 71.3 Å². The Kier molecular flexibility index (Phi) is 3.08. The number of Topliss-reactive ketones (excluding diaryl/α,β-unsaturated/α-hetero) is 1. The SMILES string of the molecule is C[C@]12CC[C@H]3[C@@H](CCC4=C(O)C(=O)CC[C@@]43C)[C@@H]1CC[C@@H]2O. The Hall–Kier alpha value is -0.830. The molecule has 3 nitrogen and oxygen atoms in total. The Morgan fingerprint density at radius 1 is 1.00 bits per heavy atom. The van der Waals surface area contributed by atoms with Gasteiger partial charge in [0.15, 0.2) is 11.5 Å². The zero-order chi connectivity index (χ0) is 15.7. The van der Waals surface area contributed by atoms with Crippen LogP contribution in [0.25, 0.3) is 0 Å². The normalized spacial score (nSPS) is 51.3. The summed E-state index contributed by atoms with van der Waals surface area (Å²) in [5.41, 5.74) is 1.16. The first-order valence-corrected chi connectivity index (χ1v) is 9.02. The maximum Gasteiger partial charge on any atom is 0.197 e. The third-order valence-corrected chi connectivity index (χ3v) is 8.04. The van der Waals surface area contributed by atoms with Gasteiger partial charge in [-0.1, -0.05) is 13.8 Å². The van der Waals surface area contributed by atoms with Crippen LogP contribution in [0.15, 0.2) is 11.3 Å². The van der Waals surface area contributed by atoms with Gasteiger partial charge in [-0.2, -0.15) is 0 Å². The number of carbonyl (C=O) groups is 1. The molecular formula is C19H28O3. The molecule has 0 aromatic carbocycles. The number of fused-ring (bicyclic) bond motifs is 5. The van der Waals surface area contributed by atoms with E-state index in [0.29, 0.717) is 24.2 Å². The summed E-state index contributed by atoms with van der Waals surface area (Å²) in [6.07, 6.45) is 7.56. The first-order chi connectivity index (χ1) is 10.4. The Bertz CT molecular complexity index is 551. The van der Waals surface area contributed by atoms with E-state index in [2.05, 4.69) is 13.8 Å². The van der Waals surface area contributed by atoms with Gasteiger partial charge in [-0.15, -0.1) is 0 Å². The van der Waals surface area contributed by atoms with Gasteiger partial charge in [0.05, 0.1) is 6.10 Å². The number of aliphatic hydroxyl groups is 2. The molecule has 0 radical (unpaired) electrons. The lowest BCUT2D eigenvalue weighted by Crippen LogP contribution is -2.51. The summed E-state index contributed by atoms with van der Waals surface area (Å²) in [4.78, 5) is 11.9. The van der Waals surface area contributed by atoms with Crippen LogP contribution in [0.1, 0.15) is 65.2 Å². The van der Waals surface area contributed by atoms with Gasteiger partial charge < -0.3 is 10.2 Å². The van der Waals surface area contributed by atoms with Crippen molar-refractivity contribution in [1.29, 1.82) is 0 Å². The van der Waals surface area contributed by atoms with Crippen LogP contribution in [0, 0.1) is 28.6 Å². The number of hydrogen-bond donors (Lipinski definition) is 2. The number of rotatable bonds is 0. The topological polar surface area (TPSA) is 57.5 Å². The summed E-state index contributed by atoms with van der Waals surface area (Å²) in [7, 11) is 0. The molecule has 3 saturated carbocycles. The molecule has 0 aliphatic heterocycles. The minimum absolute atomic E-state index is 0.00970. The summed E-state index contributed by atoms with van der Waals surface area (Å²) in [5.74, 6) is 1.90. The summed E-state index contributed by atoms with van der Waals surface area (Å²) in [5, 5.41) is 20.8. The fraction of sp³-hybridized carbons (Fsp3) is 0.842. The van der Waals surface area contributed by atoms with E-state index in [9.17, 15) is 15.0 Å². The third kappa shape index (κ3) is 1.69. The largest absolute Gasteiger partial charge is 0.504 e. The lowest BCUT2D eigenvalue weighted by atomic mass is 9.47. The Balaban J connectivity index is 1.72. The maximum atomic E-state index is 11.9. The van der Waals surface area contributed by atoms with Gasteiger partial charge in [0.25, 0.3) is 0 Å². The number of allylic oxidation sites excluding steroid dienone is 1. The van der Waals surface area contributed by atoms with Crippen molar-refractivity contribution < 1.29 is 15.0 Å². The average Bonchev–Trinajstić information content (AvgIpc) is 2.79. The quantitative estimate of drug-likeness (QED) is 0.716. The molecule has 0 bridgehead atoms. The molecule has 0 unspecified atom stereocenters. The lowest BCUT2D eigenvalue weighted by Gasteiger charge is -2.57. The Morgan fingerprint density at radius 3 is 2.55 bits per heavy atom. The lowest BCUT2D eigenvalue weighted by molar-refractivity contribution is -0.122. The molecule has 4 aliphatic rings. The van der Waals surface area contributed by atoms with Crippen molar-refractivity contribution in [3.8, 4) is 0 Å². The van der Waals surface area contributed by atoms with Crippen LogP contribution in [-0.4, -0.2) is 22.1 Å². The second kappa shape index (κ2) is 4.59. The molecule has 0 aromatic rings. The van der Waals surface area contributed by atoms with Gasteiger partial charge in [-0.3, -0.25) is 4.79 Å². The molecule has 0 amide bonds. The zero-order valence-corrected chi connectivity index (χ0v) is 13.8. The van der Waals surface area contributed by atoms with E-state index in [4.69, 9.17) is 0 Å². The van der Waals surface area contributed by atoms with E-state index < -0.39 is 0 Å². The van der Waals surface area contributed by atoms with Crippen LogP contribution < -0.4 is 0 Å². The number of hydrogen-bond acceptors (Lipinski definition) is 3. The molecule has 3 heteroatoms. The minimum atomic E-state index is -0.135. The highest BCUT2D eigenvalue weighted by Gasteiger charge is 2.59. The van der Waals surface area contributed by atoms with Gasteiger partial charge in [0.2, 0.25) is 0 Å².